The van der Waals surface area contributed by atoms with Crippen LogP contribution < -0.4 is 0 Å². The maximum absolute atomic E-state index is 12.4. The zero-order valence-corrected chi connectivity index (χ0v) is 13.2. The van der Waals surface area contributed by atoms with Crippen LogP contribution >= 0.6 is 11.6 Å². The molecule has 1 aromatic heterocycles. The Bertz CT molecular complexity index is 686. The lowest BCUT2D eigenvalue weighted by Crippen LogP contribution is -2.38. The van der Waals surface area contributed by atoms with Crippen LogP contribution in [0, 0.1) is 0 Å². The normalized spacial score (nSPS) is 22.2. The summed E-state index contributed by atoms with van der Waals surface area (Å²) in [5.41, 5.74) is 0.719. The highest BCUT2D eigenvalue weighted by Gasteiger charge is 2.36. The molecule has 1 unspecified atom stereocenters. The number of nitrogens with zero attached hydrogens (tertiary/aromatic N) is 2. The van der Waals surface area contributed by atoms with Gasteiger partial charge in [-0.15, -0.1) is 11.6 Å². The average molecular weight is 339 g/mol. The molecular formula is C11H15ClN2O4S2. The van der Waals surface area contributed by atoms with E-state index < -0.39 is 25.9 Å². The molecule has 1 fully saturated rings. The number of alkyl halides is 1. The van der Waals surface area contributed by atoms with E-state index in [4.69, 9.17) is 11.6 Å². The predicted molar refractivity (Wildman–Crippen MR) is 75.8 cm³/mol. The van der Waals surface area contributed by atoms with Gasteiger partial charge in [0.25, 0.3) is 10.0 Å². The summed E-state index contributed by atoms with van der Waals surface area (Å²) >= 11 is 5.62. The molecule has 0 spiro atoms. The van der Waals surface area contributed by atoms with E-state index in [-0.39, 0.29) is 22.4 Å². The van der Waals surface area contributed by atoms with E-state index in [2.05, 4.69) is 4.98 Å². The molecule has 20 heavy (non-hydrogen) atoms. The summed E-state index contributed by atoms with van der Waals surface area (Å²) in [6.07, 6.45) is 1.72. The van der Waals surface area contributed by atoms with Gasteiger partial charge < -0.3 is 0 Å². The zero-order valence-electron chi connectivity index (χ0n) is 10.9. The number of rotatable bonds is 4. The molecular weight excluding hydrogens is 324 g/mol. The summed E-state index contributed by atoms with van der Waals surface area (Å²) in [5, 5.41) is -0.0989. The molecule has 2 heterocycles. The molecule has 0 aromatic carbocycles. The molecule has 112 valence electrons. The van der Waals surface area contributed by atoms with Crippen molar-refractivity contribution in [3.63, 3.8) is 0 Å². The second-order valence-corrected chi connectivity index (χ2v) is 9.16. The maximum Gasteiger partial charge on any atom is 0.260 e. The highest BCUT2D eigenvalue weighted by molar-refractivity contribution is 7.92. The Balaban J connectivity index is 2.25. The molecule has 0 amide bonds. The van der Waals surface area contributed by atoms with E-state index >= 15 is 0 Å². The summed E-state index contributed by atoms with van der Waals surface area (Å²) in [5.74, 6) is 0.142. The first-order valence-corrected chi connectivity index (χ1v) is 9.75. The molecule has 0 N–H and O–H groups in total. The smallest absolute Gasteiger partial charge is 0.243 e. The van der Waals surface area contributed by atoms with E-state index in [0.29, 0.717) is 6.42 Å². The van der Waals surface area contributed by atoms with Crippen LogP contribution in [0.5, 0.6) is 0 Å². The Morgan fingerprint density at radius 2 is 2.15 bits per heavy atom. The summed E-state index contributed by atoms with van der Waals surface area (Å²) in [6, 6.07) is 2.44. The number of hydrogen-bond acceptors (Lipinski definition) is 5. The first-order chi connectivity index (χ1) is 9.26. The molecule has 1 aliphatic rings. The Kier molecular flexibility index (Phi) is 4.38. The van der Waals surface area contributed by atoms with Gasteiger partial charge in [-0.05, 0) is 18.1 Å². The van der Waals surface area contributed by atoms with Gasteiger partial charge in [0, 0.05) is 25.2 Å². The first-order valence-electron chi connectivity index (χ1n) is 5.95. The summed E-state index contributed by atoms with van der Waals surface area (Å²) in [7, 11) is -5.53. The monoisotopic (exact) mass is 338 g/mol. The first kappa shape index (κ1) is 15.7. The Morgan fingerprint density at radius 1 is 1.45 bits per heavy atom. The van der Waals surface area contributed by atoms with Crippen LogP contribution in [-0.4, -0.2) is 50.7 Å². The number of sulfonamides is 1. The third-order valence-corrected chi connectivity index (χ3v) is 7.20. The van der Waals surface area contributed by atoms with Crippen LogP contribution in [0.15, 0.2) is 23.4 Å². The molecule has 1 saturated heterocycles. The van der Waals surface area contributed by atoms with Gasteiger partial charge in [0.2, 0.25) is 0 Å². The van der Waals surface area contributed by atoms with Crippen molar-refractivity contribution in [1.82, 2.24) is 9.29 Å². The second-order valence-electron chi connectivity index (χ2n) is 4.72. The standard InChI is InChI=1S/C11H15ClN2O4S2/c1-14(10-4-5-19(15,16)8-10)20(17,18)11-3-2-9(6-12)7-13-11/h2-3,7,10H,4-6,8H2,1H3. The SMILES string of the molecule is CN(C1CCS(=O)(=O)C1)S(=O)(=O)c1ccc(CCl)cn1. The molecule has 2 rings (SSSR count). The molecule has 1 aliphatic heterocycles. The molecule has 0 aliphatic carbocycles. The third-order valence-electron chi connectivity index (χ3n) is 3.32. The lowest BCUT2D eigenvalue weighted by molar-refractivity contribution is 0.392. The van der Waals surface area contributed by atoms with Crippen LogP contribution in [0.3, 0.4) is 0 Å². The number of halogens is 1. The van der Waals surface area contributed by atoms with Crippen molar-refractivity contribution in [1.29, 1.82) is 0 Å². The van der Waals surface area contributed by atoms with Crippen molar-refractivity contribution < 1.29 is 16.8 Å². The van der Waals surface area contributed by atoms with Crippen LogP contribution in [0.2, 0.25) is 0 Å². The average Bonchev–Trinajstić information content (AvgIpc) is 2.78. The van der Waals surface area contributed by atoms with Gasteiger partial charge in [0.05, 0.1) is 11.5 Å². The summed E-state index contributed by atoms with van der Waals surface area (Å²) < 4.78 is 48.7. The van der Waals surface area contributed by atoms with E-state index in [9.17, 15) is 16.8 Å². The van der Waals surface area contributed by atoms with Crippen molar-refractivity contribution >= 4 is 31.5 Å². The van der Waals surface area contributed by atoms with Crippen molar-refractivity contribution in [2.45, 2.75) is 23.4 Å². The van der Waals surface area contributed by atoms with Crippen LogP contribution in [-0.2, 0) is 25.7 Å². The Morgan fingerprint density at radius 3 is 2.60 bits per heavy atom. The van der Waals surface area contributed by atoms with Crippen molar-refractivity contribution in [2.24, 2.45) is 0 Å². The second kappa shape index (κ2) is 5.59. The summed E-state index contributed by atoms with van der Waals surface area (Å²) in [6.45, 7) is 0. The number of aromatic nitrogens is 1. The topological polar surface area (TPSA) is 84.4 Å². The van der Waals surface area contributed by atoms with Crippen LogP contribution in [0.4, 0.5) is 0 Å². The predicted octanol–water partition coefficient (Wildman–Crippen LogP) is 0.628. The minimum Gasteiger partial charge on any atom is -0.243 e. The van der Waals surface area contributed by atoms with Gasteiger partial charge in [0.1, 0.15) is 0 Å². The number of pyridine rings is 1. The van der Waals surface area contributed by atoms with Gasteiger partial charge >= 0.3 is 0 Å². The molecule has 1 atom stereocenters. The van der Waals surface area contributed by atoms with Gasteiger partial charge in [-0.1, -0.05) is 6.07 Å². The minimum atomic E-state index is -3.78. The van der Waals surface area contributed by atoms with Crippen molar-refractivity contribution in [2.75, 3.05) is 18.6 Å². The fourth-order valence-corrected chi connectivity index (χ4v) is 5.37. The minimum absolute atomic E-state index is 0.0239. The van der Waals surface area contributed by atoms with Gasteiger partial charge in [-0.2, -0.15) is 4.31 Å². The molecule has 0 saturated carbocycles. The van der Waals surface area contributed by atoms with E-state index in [0.717, 1.165) is 9.87 Å². The highest BCUT2D eigenvalue weighted by Crippen LogP contribution is 2.22. The van der Waals surface area contributed by atoms with E-state index in [1.54, 1.807) is 6.07 Å². The Hall–Kier alpha value is -0.700. The van der Waals surface area contributed by atoms with Crippen LogP contribution in [0.1, 0.15) is 12.0 Å². The highest BCUT2D eigenvalue weighted by atomic mass is 35.5. The fourth-order valence-electron chi connectivity index (χ4n) is 2.05. The van der Waals surface area contributed by atoms with Gasteiger partial charge in [0.15, 0.2) is 14.9 Å². The van der Waals surface area contributed by atoms with Gasteiger partial charge in [-0.3, -0.25) is 0 Å². The van der Waals surface area contributed by atoms with Gasteiger partial charge in [-0.25, -0.2) is 21.8 Å². The zero-order chi connectivity index (χ0) is 15.0. The largest absolute Gasteiger partial charge is 0.260 e. The Labute approximate surface area is 123 Å². The molecule has 6 nitrogen and oxygen atoms in total. The van der Waals surface area contributed by atoms with Crippen LogP contribution in [0.25, 0.3) is 0 Å². The molecule has 0 bridgehead atoms. The lowest BCUT2D eigenvalue weighted by Gasteiger charge is -2.22. The quantitative estimate of drug-likeness (QED) is 0.752. The number of sulfone groups is 1. The lowest BCUT2D eigenvalue weighted by atomic mass is 10.3. The third kappa shape index (κ3) is 3.13. The number of hydrogen-bond donors (Lipinski definition) is 0. The van der Waals surface area contributed by atoms with E-state index in [1.165, 1.54) is 19.3 Å². The van der Waals surface area contributed by atoms with Crippen molar-refractivity contribution in [3.05, 3.63) is 23.9 Å². The molecule has 0 radical (unpaired) electrons. The molecule has 9 heteroatoms. The maximum atomic E-state index is 12.4. The fraction of sp³-hybridized carbons (Fsp3) is 0.545. The van der Waals surface area contributed by atoms with E-state index in [1.807, 2.05) is 0 Å². The van der Waals surface area contributed by atoms with Crippen molar-refractivity contribution in [3.8, 4) is 0 Å². The molecule has 1 aromatic rings. The summed E-state index contributed by atoms with van der Waals surface area (Å²) in [4.78, 5) is 3.89.